The summed E-state index contributed by atoms with van der Waals surface area (Å²) in [5.41, 5.74) is -1.08. The summed E-state index contributed by atoms with van der Waals surface area (Å²) in [6.45, 7) is 4.38. The van der Waals surface area contributed by atoms with Gasteiger partial charge in [0.1, 0.15) is 11.1 Å². The van der Waals surface area contributed by atoms with Crippen molar-refractivity contribution in [3.8, 4) is 5.75 Å². The van der Waals surface area contributed by atoms with Crippen LogP contribution < -0.4 is 9.74 Å². The zero-order valence-corrected chi connectivity index (χ0v) is 19.5. The number of fused-ring (bicyclic) bond motifs is 1. The van der Waals surface area contributed by atoms with Crippen LogP contribution in [-0.4, -0.2) is 36.1 Å². The maximum atomic E-state index is 12.8. The summed E-state index contributed by atoms with van der Waals surface area (Å²) in [6, 6.07) is 9.51. The number of esters is 1. The van der Waals surface area contributed by atoms with Gasteiger partial charge in [-0.05, 0) is 35.8 Å². The van der Waals surface area contributed by atoms with E-state index in [1.807, 2.05) is 6.92 Å². The minimum atomic E-state index is -2.51. The van der Waals surface area contributed by atoms with E-state index in [1.165, 1.54) is 24.3 Å². The van der Waals surface area contributed by atoms with Crippen LogP contribution in [0.1, 0.15) is 49.9 Å². The molecule has 0 amide bonds. The van der Waals surface area contributed by atoms with E-state index in [1.54, 1.807) is 12.1 Å². The number of rotatable bonds is 11. The highest BCUT2D eigenvalue weighted by molar-refractivity contribution is 7.78. The minimum Gasteiger partial charge on any atom is -0.462 e. The fraction of sp³-hybridized carbons (Fsp3) is 0.364. The molecule has 0 aliphatic carbocycles. The maximum absolute atomic E-state index is 12.8. The van der Waals surface area contributed by atoms with Gasteiger partial charge in [-0.2, -0.15) is 4.21 Å². The van der Waals surface area contributed by atoms with Gasteiger partial charge in [0.05, 0.1) is 16.9 Å². The Morgan fingerprint density at radius 3 is 2.71 bits per heavy atom. The van der Waals surface area contributed by atoms with E-state index in [4.69, 9.17) is 8.92 Å². The van der Waals surface area contributed by atoms with Crippen molar-refractivity contribution in [2.24, 2.45) is 5.92 Å². The molecule has 1 heterocycles. The molecule has 12 heteroatoms. The summed E-state index contributed by atoms with van der Waals surface area (Å²) in [5, 5.41) is 18.2. The predicted octanol–water partition coefficient (Wildman–Crippen LogP) is 3.58. The van der Waals surface area contributed by atoms with Crippen molar-refractivity contribution >= 4 is 33.8 Å². The smallest absolute Gasteiger partial charge is 0.344 e. The molecule has 0 bridgehead atoms. The van der Waals surface area contributed by atoms with E-state index in [9.17, 15) is 23.9 Å². The van der Waals surface area contributed by atoms with E-state index < -0.39 is 27.7 Å². The van der Waals surface area contributed by atoms with Gasteiger partial charge in [0, 0.05) is 12.1 Å². The number of ether oxygens (including phenoxy) is 1. The lowest BCUT2D eigenvalue weighted by molar-refractivity contribution is -0.384. The molecule has 1 aromatic heterocycles. The van der Waals surface area contributed by atoms with Crippen LogP contribution in [0.5, 0.6) is 5.75 Å². The number of non-ortho nitro benzene ring substituents is 1. The summed E-state index contributed by atoms with van der Waals surface area (Å²) in [7, 11) is 0. The van der Waals surface area contributed by atoms with Crippen LogP contribution >= 0.6 is 0 Å². The van der Waals surface area contributed by atoms with Crippen LogP contribution in [0, 0.1) is 16.0 Å². The van der Waals surface area contributed by atoms with Crippen molar-refractivity contribution < 1.29 is 22.8 Å². The third-order valence-corrected chi connectivity index (χ3v) is 6.07. The standard InChI is InChI=1S/C22H24N4O7S/c1-3-5-8-15(4-2)14-32-22(28)17-9-6-7-10-20(17)33-34(31)25-21(27)18-13-16(26(29)30)11-12-19(18)23-24-25/h6-7,9-13,15H,3-5,8,14H2,1-2H3. The Bertz CT molecular complexity index is 1280. The SMILES string of the molecule is CCCCC(CC)COC(=O)c1ccccc1OS(=O)n1nnc2ccc([N+](=O)[O-])cc2c1=O. The molecular weight excluding hydrogens is 464 g/mol. The Balaban J connectivity index is 1.81. The molecule has 34 heavy (non-hydrogen) atoms. The van der Waals surface area contributed by atoms with E-state index >= 15 is 0 Å². The first-order valence-electron chi connectivity index (χ1n) is 10.8. The highest BCUT2D eigenvalue weighted by atomic mass is 32.2. The Labute approximate surface area is 197 Å². The van der Waals surface area contributed by atoms with Crippen LogP contribution in [0.3, 0.4) is 0 Å². The van der Waals surface area contributed by atoms with Crippen LogP contribution in [0.2, 0.25) is 0 Å². The van der Waals surface area contributed by atoms with Crippen LogP contribution in [0.15, 0.2) is 47.3 Å². The second-order valence-electron chi connectivity index (χ2n) is 7.54. The average Bonchev–Trinajstić information content (AvgIpc) is 2.84. The number of hydrogen-bond acceptors (Lipinski definition) is 9. The number of nitrogens with zero attached hydrogens (tertiary/aromatic N) is 4. The quantitative estimate of drug-likeness (QED) is 0.225. The van der Waals surface area contributed by atoms with E-state index in [2.05, 4.69) is 17.2 Å². The number of nitro benzene ring substituents is 1. The van der Waals surface area contributed by atoms with Crippen molar-refractivity contribution in [1.29, 1.82) is 0 Å². The van der Waals surface area contributed by atoms with Crippen molar-refractivity contribution in [2.45, 2.75) is 39.5 Å². The van der Waals surface area contributed by atoms with Gasteiger partial charge in [0.2, 0.25) is 0 Å². The molecule has 3 aromatic rings. The molecule has 0 aliphatic heterocycles. The zero-order valence-electron chi connectivity index (χ0n) is 18.7. The van der Waals surface area contributed by atoms with Crippen LogP contribution in [0.4, 0.5) is 5.69 Å². The van der Waals surface area contributed by atoms with Gasteiger partial charge in [0.25, 0.3) is 11.2 Å². The normalized spacial score (nSPS) is 12.8. The highest BCUT2D eigenvalue weighted by Gasteiger charge is 2.21. The molecule has 11 nitrogen and oxygen atoms in total. The summed E-state index contributed by atoms with van der Waals surface area (Å²) < 4.78 is 24.0. The van der Waals surface area contributed by atoms with E-state index in [-0.39, 0.29) is 40.4 Å². The number of para-hydroxylation sites is 1. The number of benzene rings is 2. The van der Waals surface area contributed by atoms with Gasteiger partial charge in [-0.25, -0.2) is 4.79 Å². The largest absolute Gasteiger partial charge is 0.462 e. The summed E-state index contributed by atoms with van der Waals surface area (Å²) in [6.07, 6.45) is 3.91. The minimum absolute atomic E-state index is 0.0404. The summed E-state index contributed by atoms with van der Waals surface area (Å²) in [4.78, 5) is 35.7. The van der Waals surface area contributed by atoms with Crippen LogP contribution in [-0.2, 0) is 16.0 Å². The predicted molar refractivity (Wildman–Crippen MR) is 125 cm³/mol. The van der Waals surface area contributed by atoms with Gasteiger partial charge >= 0.3 is 17.2 Å². The number of hydrogen-bond donors (Lipinski definition) is 0. The molecule has 2 atom stereocenters. The van der Waals surface area contributed by atoms with E-state index in [0.717, 1.165) is 31.7 Å². The van der Waals surface area contributed by atoms with Crippen LogP contribution in [0.25, 0.3) is 10.9 Å². The fourth-order valence-corrected chi connectivity index (χ4v) is 3.91. The molecule has 0 saturated carbocycles. The Kier molecular flexibility index (Phi) is 8.41. The number of carbonyl (C=O) groups excluding carboxylic acids is 1. The fourth-order valence-electron chi connectivity index (χ4n) is 3.22. The lowest BCUT2D eigenvalue weighted by Gasteiger charge is -2.15. The summed E-state index contributed by atoms with van der Waals surface area (Å²) in [5.74, 6) is -0.475. The lowest BCUT2D eigenvalue weighted by Crippen LogP contribution is -2.29. The van der Waals surface area contributed by atoms with Crippen molar-refractivity contribution in [3.05, 3.63) is 68.5 Å². The molecule has 2 unspecified atom stereocenters. The molecule has 0 saturated heterocycles. The van der Waals surface area contributed by atoms with Gasteiger partial charge in [0.15, 0.2) is 5.75 Å². The lowest BCUT2D eigenvalue weighted by atomic mass is 10.0. The molecule has 0 fully saturated rings. The van der Waals surface area contributed by atoms with Crippen molar-refractivity contribution in [2.75, 3.05) is 6.61 Å². The molecule has 2 aromatic carbocycles. The van der Waals surface area contributed by atoms with Gasteiger partial charge in [-0.1, -0.05) is 49.3 Å². The van der Waals surface area contributed by atoms with Gasteiger partial charge in [-0.3, -0.25) is 14.9 Å². The second kappa shape index (κ2) is 11.5. The molecule has 0 N–H and O–H groups in total. The number of unbranched alkanes of at least 4 members (excludes halogenated alkanes) is 1. The first-order chi connectivity index (χ1) is 16.3. The Morgan fingerprint density at radius 1 is 1.24 bits per heavy atom. The monoisotopic (exact) mass is 488 g/mol. The van der Waals surface area contributed by atoms with E-state index in [0.29, 0.717) is 4.09 Å². The maximum Gasteiger partial charge on any atom is 0.344 e. The Morgan fingerprint density at radius 2 is 2.00 bits per heavy atom. The first-order valence-corrected chi connectivity index (χ1v) is 11.8. The third-order valence-electron chi connectivity index (χ3n) is 5.23. The summed E-state index contributed by atoms with van der Waals surface area (Å²) >= 11 is -2.51. The van der Waals surface area contributed by atoms with Crippen molar-refractivity contribution in [3.63, 3.8) is 0 Å². The molecule has 0 aliphatic rings. The Hall–Kier alpha value is -3.67. The van der Waals surface area contributed by atoms with Crippen molar-refractivity contribution in [1.82, 2.24) is 14.4 Å². The average molecular weight is 489 g/mol. The number of carbonyl (C=O) groups is 1. The molecular formula is C22H24N4O7S. The zero-order chi connectivity index (χ0) is 24.7. The first kappa shape index (κ1) is 25.0. The third kappa shape index (κ3) is 5.81. The highest BCUT2D eigenvalue weighted by Crippen LogP contribution is 2.22. The molecule has 180 valence electrons. The number of aromatic nitrogens is 3. The van der Waals surface area contributed by atoms with Gasteiger partial charge < -0.3 is 8.92 Å². The van der Waals surface area contributed by atoms with Gasteiger partial charge in [-0.15, -0.1) is 5.10 Å². The second-order valence-corrected chi connectivity index (χ2v) is 8.48. The molecule has 3 rings (SSSR count). The number of nitro groups is 1. The molecule has 0 spiro atoms. The topological polar surface area (TPSA) is 144 Å². The molecule has 0 radical (unpaired) electrons.